The second-order valence-electron chi connectivity index (χ2n) is 7.64. The molecular formula is C20H25BrN2O4. The van der Waals surface area contributed by atoms with Crippen molar-refractivity contribution in [2.75, 3.05) is 37.7 Å². The zero-order chi connectivity index (χ0) is 19.0. The van der Waals surface area contributed by atoms with E-state index in [9.17, 15) is 9.59 Å². The largest absolute Gasteiger partial charge is 0.350 e. The van der Waals surface area contributed by atoms with E-state index in [0.29, 0.717) is 26.3 Å². The highest BCUT2D eigenvalue weighted by atomic mass is 79.9. The Morgan fingerprint density at radius 3 is 2.74 bits per heavy atom. The van der Waals surface area contributed by atoms with Gasteiger partial charge >= 0.3 is 0 Å². The van der Waals surface area contributed by atoms with Gasteiger partial charge in [-0.15, -0.1) is 0 Å². The van der Waals surface area contributed by atoms with Crippen molar-refractivity contribution >= 4 is 33.4 Å². The normalized spacial score (nSPS) is 26.8. The number of piperidine rings is 1. The predicted molar refractivity (Wildman–Crippen MR) is 104 cm³/mol. The number of carbonyl (C=O) groups is 2. The van der Waals surface area contributed by atoms with Crippen LogP contribution in [0.4, 0.5) is 5.69 Å². The number of carbonyl (C=O) groups excluding carboxylic acids is 2. The van der Waals surface area contributed by atoms with E-state index in [-0.39, 0.29) is 36.4 Å². The van der Waals surface area contributed by atoms with Crippen LogP contribution in [-0.2, 0) is 19.1 Å². The lowest BCUT2D eigenvalue weighted by atomic mass is 9.95. The SMILES string of the molecule is Cc1cc(N2CC(C(=O)N3CCCC(C4OCCO4)C3)CC2=O)ccc1Br. The minimum atomic E-state index is -0.273. The molecule has 0 saturated carbocycles. The molecule has 0 bridgehead atoms. The molecule has 2 unspecified atom stereocenters. The van der Waals surface area contributed by atoms with E-state index in [1.54, 1.807) is 4.90 Å². The molecule has 3 heterocycles. The first-order valence-electron chi connectivity index (χ1n) is 9.61. The van der Waals surface area contributed by atoms with E-state index in [4.69, 9.17) is 9.47 Å². The van der Waals surface area contributed by atoms with E-state index in [0.717, 1.165) is 35.1 Å². The van der Waals surface area contributed by atoms with Crippen LogP contribution in [-0.4, -0.2) is 55.9 Å². The molecule has 4 rings (SSSR count). The summed E-state index contributed by atoms with van der Waals surface area (Å²) in [5.41, 5.74) is 1.94. The average molecular weight is 437 g/mol. The summed E-state index contributed by atoms with van der Waals surface area (Å²) in [7, 11) is 0. The number of amides is 2. The number of ether oxygens (including phenoxy) is 2. The van der Waals surface area contributed by atoms with Gasteiger partial charge in [0.15, 0.2) is 6.29 Å². The molecule has 3 aliphatic rings. The maximum atomic E-state index is 13.1. The Kier molecular flexibility index (Phi) is 5.53. The van der Waals surface area contributed by atoms with Crippen LogP contribution in [0.1, 0.15) is 24.8 Å². The lowest BCUT2D eigenvalue weighted by Crippen LogP contribution is -2.46. The predicted octanol–water partition coefficient (Wildman–Crippen LogP) is 2.72. The van der Waals surface area contributed by atoms with Crippen LogP contribution in [0.15, 0.2) is 22.7 Å². The fourth-order valence-electron chi connectivity index (χ4n) is 4.26. The number of rotatable bonds is 3. The van der Waals surface area contributed by atoms with Gasteiger partial charge in [0.2, 0.25) is 11.8 Å². The quantitative estimate of drug-likeness (QED) is 0.730. The highest BCUT2D eigenvalue weighted by molar-refractivity contribution is 9.10. The third-order valence-electron chi connectivity index (χ3n) is 5.73. The van der Waals surface area contributed by atoms with Crippen LogP contribution in [0.3, 0.4) is 0 Å². The fourth-order valence-corrected chi connectivity index (χ4v) is 4.51. The summed E-state index contributed by atoms with van der Waals surface area (Å²) in [5.74, 6) is 0.0617. The maximum Gasteiger partial charge on any atom is 0.228 e. The number of likely N-dealkylation sites (tertiary alicyclic amines) is 1. The van der Waals surface area contributed by atoms with Crippen molar-refractivity contribution in [2.45, 2.75) is 32.5 Å². The monoisotopic (exact) mass is 436 g/mol. The molecule has 7 heteroatoms. The van der Waals surface area contributed by atoms with Gasteiger partial charge in [0.25, 0.3) is 0 Å². The van der Waals surface area contributed by atoms with Gasteiger partial charge in [-0.1, -0.05) is 15.9 Å². The molecule has 6 nitrogen and oxygen atoms in total. The van der Waals surface area contributed by atoms with Crippen LogP contribution >= 0.6 is 15.9 Å². The number of benzene rings is 1. The van der Waals surface area contributed by atoms with Gasteiger partial charge in [-0.25, -0.2) is 0 Å². The van der Waals surface area contributed by atoms with Crippen molar-refractivity contribution in [3.05, 3.63) is 28.2 Å². The van der Waals surface area contributed by atoms with E-state index in [1.807, 2.05) is 30.0 Å². The Morgan fingerprint density at radius 1 is 1.22 bits per heavy atom. The van der Waals surface area contributed by atoms with Gasteiger partial charge in [-0.3, -0.25) is 9.59 Å². The Morgan fingerprint density at radius 2 is 2.00 bits per heavy atom. The molecule has 0 aliphatic carbocycles. The summed E-state index contributed by atoms with van der Waals surface area (Å²) in [6.45, 7) is 5.13. The molecule has 3 saturated heterocycles. The third-order valence-corrected chi connectivity index (χ3v) is 6.62. The van der Waals surface area contributed by atoms with Gasteiger partial charge in [-0.2, -0.15) is 0 Å². The second kappa shape index (κ2) is 7.89. The summed E-state index contributed by atoms with van der Waals surface area (Å²) in [6, 6.07) is 5.86. The zero-order valence-corrected chi connectivity index (χ0v) is 17.1. The highest BCUT2D eigenvalue weighted by Gasteiger charge is 2.40. The summed E-state index contributed by atoms with van der Waals surface area (Å²) < 4.78 is 12.3. The number of hydrogen-bond acceptors (Lipinski definition) is 4. The summed E-state index contributed by atoms with van der Waals surface area (Å²) in [4.78, 5) is 29.3. The van der Waals surface area contributed by atoms with Crippen molar-refractivity contribution in [1.29, 1.82) is 0 Å². The molecule has 3 aliphatic heterocycles. The third kappa shape index (κ3) is 3.91. The number of anilines is 1. The average Bonchev–Trinajstić information content (AvgIpc) is 3.33. The fraction of sp³-hybridized carbons (Fsp3) is 0.600. The number of halogens is 1. The van der Waals surface area contributed by atoms with Crippen LogP contribution in [0.5, 0.6) is 0 Å². The van der Waals surface area contributed by atoms with Crippen molar-refractivity contribution in [2.24, 2.45) is 11.8 Å². The van der Waals surface area contributed by atoms with Crippen LogP contribution in [0.2, 0.25) is 0 Å². The smallest absolute Gasteiger partial charge is 0.228 e. The van der Waals surface area contributed by atoms with Crippen molar-refractivity contribution < 1.29 is 19.1 Å². The minimum Gasteiger partial charge on any atom is -0.350 e. The summed E-state index contributed by atoms with van der Waals surface area (Å²) in [5, 5.41) is 0. The molecule has 3 fully saturated rings. The number of hydrogen-bond donors (Lipinski definition) is 0. The Balaban J connectivity index is 1.41. The van der Waals surface area contributed by atoms with Gasteiger partial charge in [0.1, 0.15) is 0 Å². The molecule has 2 atom stereocenters. The molecule has 2 amide bonds. The van der Waals surface area contributed by atoms with Crippen molar-refractivity contribution in [3.8, 4) is 0 Å². The van der Waals surface area contributed by atoms with Crippen LogP contribution in [0.25, 0.3) is 0 Å². The van der Waals surface area contributed by atoms with E-state index in [1.165, 1.54) is 0 Å². The number of nitrogens with zero attached hydrogens (tertiary/aromatic N) is 2. The molecule has 27 heavy (non-hydrogen) atoms. The minimum absolute atomic E-state index is 0.0195. The van der Waals surface area contributed by atoms with Gasteiger partial charge in [-0.05, 0) is 43.5 Å². The molecule has 1 aromatic carbocycles. The first-order valence-corrected chi connectivity index (χ1v) is 10.4. The van der Waals surface area contributed by atoms with Crippen molar-refractivity contribution in [3.63, 3.8) is 0 Å². The molecule has 0 spiro atoms. The van der Waals surface area contributed by atoms with Crippen molar-refractivity contribution in [1.82, 2.24) is 4.90 Å². The van der Waals surface area contributed by atoms with Crippen LogP contribution < -0.4 is 4.90 Å². The summed E-state index contributed by atoms with van der Waals surface area (Å²) in [6.07, 6.45) is 2.07. The van der Waals surface area contributed by atoms with E-state index >= 15 is 0 Å². The Bertz CT molecular complexity index is 735. The van der Waals surface area contributed by atoms with Gasteiger partial charge in [0.05, 0.1) is 19.1 Å². The summed E-state index contributed by atoms with van der Waals surface area (Å²) >= 11 is 3.49. The Hall–Kier alpha value is -1.44. The van der Waals surface area contributed by atoms with Gasteiger partial charge in [0, 0.05) is 42.1 Å². The highest BCUT2D eigenvalue weighted by Crippen LogP contribution is 2.31. The first kappa shape index (κ1) is 18.9. The molecule has 0 N–H and O–H groups in total. The zero-order valence-electron chi connectivity index (χ0n) is 15.5. The van der Waals surface area contributed by atoms with Crippen LogP contribution in [0, 0.1) is 18.8 Å². The molecule has 146 valence electrons. The molecule has 0 radical (unpaired) electrons. The lowest BCUT2D eigenvalue weighted by molar-refractivity contribution is -0.143. The standard InChI is InChI=1S/C20H25BrN2O4/c1-13-9-16(4-5-17(13)21)23-12-15(10-18(23)24)19(25)22-6-2-3-14(11-22)20-26-7-8-27-20/h4-5,9,14-15,20H,2-3,6-8,10-12H2,1H3. The first-order chi connectivity index (χ1) is 13.0. The van der Waals surface area contributed by atoms with E-state index in [2.05, 4.69) is 15.9 Å². The Labute approximate surface area is 167 Å². The maximum absolute atomic E-state index is 13.1. The van der Waals surface area contributed by atoms with Gasteiger partial charge < -0.3 is 19.3 Å². The second-order valence-corrected chi connectivity index (χ2v) is 8.49. The molecular weight excluding hydrogens is 412 g/mol. The molecule has 0 aromatic heterocycles. The van der Waals surface area contributed by atoms with E-state index < -0.39 is 0 Å². The number of aryl methyl sites for hydroxylation is 1. The topological polar surface area (TPSA) is 59.1 Å². The molecule has 1 aromatic rings. The lowest BCUT2D eigenvalue weighted by Gasteiger charge is -2.36.